The highest BCUT2D eigenvalue weighted by Crippen LogP contribution is 2.21. The van der Waals surface area contributed by atoms with Crippen molar-refractivity contribution in [1.29, 1.82) is 0 Å². The normalized spacial score (nSPS) is 16.3. The van der Waals surface area contributed by atoms with E-state index in [0.717, 1.165) is 38.9 Å². The van der Waals surface area contributed by atoms with Gasteiger partial charge >= 0.3 is 0 Å². The lowest BCUT2D eigenvalue weighted by atomic mass is 9.96. The fourth-order valence-corrected chi connectivity index (χ4v) is 3.88. The maximum atomic E-state index is 12.5. The van der Waals surface area contributed by atoms with Gasteiger partial charge in [0.2, 0.25) is 0 Å². The van der Waals surface area contributed by atoms with Gasteiger partial charge in [0.05, 0.1) is 11.9 Å². The summed E-state index contributed by atoms with van der Waals surface area (Å²) < 4.78 is 7.23. The molecule has 1 saturated heterocycles. The molecule has 0 amide bonds. The molecule has 136 valence electrons. The van der Waals surface area contributed by atoms with E-state index in [4.69, 9.17) is 16.1 Å². The summed E-state index contributed by atoms with van der Waals surface area (Å²) in [7, 11) is 0. The van der Waals surface area contributed by atoms with Gasteiger partial charge in [0.1, 0.15) is 0 Å². The van der Waals surface area contributed by atoms with Crippen LogP contribution in [0.4, 0.5) is 0 Å². The molecule has 26 heavy (non-hydrogen) atoms. The molecule has 1 aliphatic rings. The van der Waals surface area contributed by atoms with Crippen LogP contribution in [0.5, 0.6) is 0 Å². The first-order valence-electron chi connectivity index (χ1n) is 9.25. The Balaban J connectivity index is 1.33. The fraction of sp³-hybridized carbons (Fsp3) is 0.381. The minimum Gasteiger partial charge on any atom is -0.376 e. The van der Waals surface area contributed by atoms with Crippen LogP contribution in [0.15, 0.2) is 57.8 Å². The van der Waals surface area contributed by atoms with Crippen molar-refractivity contribution in [2.75, 3.05) is 19.6 Å². The first-order chi connectivity index (χ1) is 12.7. The molecule has 0 saturated carbocycles. The number of likely N-dealkylation sites (tertiary alicyclic amines) is 1. The molecule has 1 aromatic heterocycles. The topological polar surface area (TPSA) is 38.4 Å². The molecule has 3 aromatic rings. The van der Waals surface area contributed by atoms with Crippen molar-refractivity contribution in [3.8, 4) is 0 Å². The Kier molecular flexibility index (Phi) is 5.14. The molecule has 0 aliphatic carbocycles. The average Bonchev–Trinajstić information content (AvgIpc) is 2.97. The second kappa shape index (κ2) is 7.68. The van der Waals surface area contributed by atoms with Crippen LogP contribution in [0.2, 0.25) is 5.02 Å². The summed E-state index contributed by atoms with van der Waals surface area (Å²) >= 11 is 5.99. The first-order valence-corrected chi connectivity index (χ1v) is 9.62. The summed E-state index contributed by atoms with van der Waals surface area (Å²) in [6, 6.07) is 15.8. The van der Waals surface area contributed by atoms with E-state index in [2.05, 4.69) is 35.2 Å². The zero-order chi connectivity index (χ0) is 17.9. The number of hydrogen-bond acceptors (Lipinski definition) is 3. The number of aromatic nitrogens is 1. The molecule has 0 atom stereocenters. The predicted molar refractivity (Wildman–Crippen MR) is 105 cm³/mol. The second-order valence-corrected chi connectivity index (χ2v) is 7.56. The predicted octanol–water partition coefficient (Wildman–Crippen LogP) is 4.20. The average molecular weight is 371 g/mol. The first kappa shape index (κ1) is 17.4. The van der Waals surface area contributed by atoms with E-state index in [0.29, 0.717) is 28.5 Å². The third-order valence-corrected chi connectivity index (χ3v) is 5.53. The van der Waals surface area contributed by atoms with Crippen molar-refractivity contribution >= 4 is 22.6 Å². The van der Waals surface area contributed by atoms with Crippen LogP contribution in [0.1, 0.15) is 18.4 Å². The molecule has 2 heterocycles. The molecule has 2 aromatic carbocycles. The van der Waals surface area contributed by atoms with E-state index in [9.17, 15) is 4.79 Å². The van der Waals surface area contributed by atoms with Gasteiger partial charge in [-0.05, 0) is 56.0 Å². The Bertz CT molecular complexity index is 924. The number of nitrogens with zero attached hydrogens (tertiary/aromatic N) is 2. The van der Waals surface area contributed by atoms with Crippen molar-refractivity contribution < 1.29 is 4.52 Å². The number of fused-ring (bicyclic) bond motifs is 1. The fourth-order valence-electron chi connectivity index (χ4n) is 3.72. The van der Waals surface area contributed by atoms with Gasteiger partial charge in [-0.2, -0.15) is 4.74 Å². The van der Waals surface area contributed by atoms with Gasteiger partial charge in [0.25, 0.3) is 5.56 Å². The Morgan fingerprint density at radius 2 is 1.85 bits per heavy atom. The molecule has 4 nitrogen and oxygen atoms in total. The molecule has 1 fully saturated rings. The van der Waals surface area contributed by atoms with Gasteiger partial charge in [-0.3, -0.25) is 4.79 Å². The zero-order valence-electron chi connectivity index (χ0n) is 14.7. The third kappa shape index (κ3) is 3.87. The largest absolute Gasteiger partial charge is 0.376 e. The number of rotatable bonds is 5. The van der Waals surface area contributed by atoms with Crippen LogP contribution >= 0.6 is 11.6 Å². The number of benzene rings is 2. The minimum absolute atomic E-state index is 0.0526. The van der Waals surface area contributed by atoms with E-state index in [1.807, 2.05) is 0 Å². The van der Waals surface area contributed by atoms with Gasteiger partial charge < -0.3 is 9.42 Å². The summed E-state index contributed by atoms with van der Waals surface area (Å²) in [6.07, 6.45) is 3.29. The summed E-state index contributed by atoms with van der Waals surface area (Å²) in [6.45, 7) is 3.91. The zero-order valence-corrected chi connectivity index (χ0v) is 15.5. The van der Waals surface area contributed by atoms with Gasteiger partial charge in [-0.15, -0.1) is 0 Å². The second-order valence-electron chi connectivity index (χ2n) is 7.12. The molecule has 0 unspecified atom stereocenters. The molecular formula is C21H23ClN2O2. The highest BCUT2D eigenvalue weighted by atomic mass is 35.5. The molecule has 5 heteroatoms. The lowest BCUT2D eigenvalue weighted by Crippen LogP contribution is -2.37. The van der Waals surface area contributed by atoms with Gasteiger partial charge in [0.15, 0.2) is 5.58 Å². The van der Waals surface area contributed by atoms with Gasteiger partial charge in [0, 0.05) is 17.6 Å². The summed E-state index contributed by atoms with van der Waals surface area (Å²) in [4.78, 5) is 15.0. The highest BCUT2D eigenvalue weighted by Gasteiger charge is 2.21. The Hall–Kier alpha value is -2.04. The molecule has 1 aliphatic heterocycles. The van der Waals surface area contributed by atoms with E-state index < -0.39 is 0 Å². The lowest BCUT2D eigenvalue weighted by Gasteiger charge is -2.31. The van der Waals surface area contributed by atoms with Crippen molar-refractivity contribution in [2.45, 2.75) is 25.8 Å². The lowest BCUT2D eigenvalue weighted by molar-refractivity contribution is 0.147. The van der Waals surface area contributed by atoms with E-state index >= 15 is 0 Å². The molecule has 0 N–H and O–H groups in total. The summed E-state index contributed by atoms with van der Waals surface area (Å²) in [5, 5.41) is 1.19. The van der Waals surface area contributed by atoms with Crippen LogP contribution in [-0.4, -0.2) is 29.3 Å². The van der Waals surface area contributed by atoms with Crippen LogP contribution in [0.3, 0.4) is 0 Å². The van der Waals surface area contributed by atoms with Crippen LogP contribution in [-0.2, 0) is 13.0 Å². The monoisotopic (exact) mass is 370 g/mol. The molecular weight excluding hydrogens is 348 g/mol. The highest BCUT2D eigenvalue weighted by molar-refractivity contribution is 6.31. The number of hydrogen-bond donors (Lipinski definition) is 0. The SMILES string of the molecule is O=c1c2ccc(Cl)cc2on1CC1CCN(CCc2ccccc2)CC1. The quantitative estimate of drug-likeness (QED) is 0.675. The van der Waals surface area contributed by atoms with Crippen molar-refractivity contribution in [3.05, 3.63) is 69.5 Å². The standard InChI is InChI=1S/C21H23ClN2O2/c22-18-6-7-19-20(14-18)26-24(21(19)25)15-17-9-12-23(13-10-17)11-8-16-4-2-1-3-5-16/h1-7,14,17H,8-13,15H2. The third-order valence-electron chi connectivity index (χ3n) is 5.30. The van der Waals surface area contributed by atoms with E-state index in [1.165, 1.54) is 10.3 Å². The Labute approximate surface area is 157 Å². The summed E-state index contributed by atoms with van der Waals surface area (Å²) in [5.41, 5.74) is 1.91. The van der Waals surface area contributed by atoms with Gasteiger partial charge in [-0.1, -0.05) is 41.9 Å². The van der Waals surface area contributed by atoms with Crippen LogP contribution < -0.4 is 5.56 Å². The van der Waals surface area contributed by atoms with Crippen LogP contribution in [0, 0.1) is 5.92 Å². The van der Waals surface area contributed by atoms with Crippen molar-refractivity contribution in [2.24, 2.45) is 5.92 Å². The Morgan fingerprint density at radius 3 is 2.62 bits per heavy atom. The molecule has 0 bridgehead atoms. The summed E-state index contributed by atoms with van der Waals surface area (Å²) in [5.74, 6) is 0.483. The molecule has 0 spiro atoms. The van der Waals surface area contributed by atoms with Crippen LogP contribution in [0.25, 0.3) is 11.0 Å². The minimum atomic E-state index is -0.0526. The molecule has 0 radical (unpaired) electrons. The smallest absolute Gasteiger partial charge is 0.290 e. The maximum Gasteiger partial charge on any atom is 0.290 e. The van der Waals surface area contributed by atoms with Crippen molar-refractivity contribution in [3.63, 3.8) is 0 Å². The van der Waals surface area contributed by atoms with Gasteiger partial charge in [-0.25, -0.2) is 0 Å². The maximum absolute atomic E-state index is 12.5. The van der Waals surface area contributed by atoms with E-state index in [-0.39, 0.29) is 5.56 Å². The molecule has 4 rings (SSSR count). The number of halogens is 1. The van der Waals surface area contributed by atoms with Crippen molar-refractivity contribution in [1.82, 2.24) is 9.64 Å². The Morgan fingerprint density at radius 1 is 1.08 bits per heavy atom. The number of piperidine rings is 1. The van der Waals surface area contributed by atoms with E-state index in [1.54, 1.807) is 18.2 Å².